The maximum absolute atomic E-state index is 13.7. The van der Waals surface area contributed by atoms with Crippen molar-refractivity contribution in [3.05, 3.63) is 89.0 Å². The van der Waals surface area contributed by atoms with Gasteiger partial charge in [-0.2, -0.15) is 0 Å². The van der Waals surface area contributed by atoms with Crippen molar-refractivity contribution in [3.8, 4) is 0 Å². The van der Waals surface area contributed by atoms with Crippen LogP contribution in [0.5, 0.6) is 0 Å². The number of hydrogen-bond donors (Lipinski definition) is 1. The molecule has 3 aromatic heterocycles. The van der Waals surface area contributed by atoms with Crippen molar-refractivity contribution in [1.29, 1.82) is 0 Å². The number of nitrogens with one attached hydrogen (secondary N) is 1. The quantitative estimate of drug-likeness (QED) is 0.470. The Hall–Kier alpha value is -3.93. The van der Waals surface area contributed by atoms with Crippen molar-refractivity contribution in [2.24, 2.45) is 5.92 Å². The molecule has 1 amide bonds. The fourth-order valence-corrected chi connectivity index (χ4v) is 4.14. The number of rotatable bonds is 4. The van der Waals surface area contributed by atoms with Crippen LogP contribution < -0.4 is 10.5 Å². The molecule has 0 aliphatic carbocycles. The molecule has 0 unspecified atom stereocenters. The number of anilines is 1. The molecule has 0 atom stereocenters. The summed E-state index contributed by atoms with van der Waals surface area (Å²) < 4.78 is 1.68. The van der Waals surface area contributed by atoms with E-state index in [9.17, 15) is 9.59 Å². The minimum atomic E-state index is -0.147. The Kier molecular flexibility index (Phi) is 4.55. The third-order valence-corrected chi connectivity index (χ3v) is 5.43. The standard InChI is InChI=1S/C25H22N4O2/c1-16(2)15-28(24(30)17-8-7-13-26-14-17)22-18-9-3-4-10-19(18)25(31)29-21-12-6-5-11-20(21)27-23(22)29/h3-14,16,27H,15H2,1-2H3. The monoisotopic (exact) mass is 410 g/mol. The molecule has 6 heteroatoms. The molecule has 3 heterocycles. The average molecular weight is 410 g/mol. The van der Waals surface area contributed by atoms with E-state index in [4.69, 9.17) is 0 Å². The van der Waals surface area contributed by atoms with Gasteiger partial charge in [-0.3, -0.25) is 19.0 Å². The first-order valence-electron chi connectivity index (χ1n) is 10.3. The third-order valence-electron chi connectivity index (χ3n) is 5.43. The van der Waals surface area contributed by atoms with E-state index in [0.29, 0.717) is 28.8 Å². The van der Waals surface area contributed by atoms with E-state index in [1.807, 2.05) is 48.5 Å². The second-order valence-electron chi connectivity index (χ2n) is 8.08. The van der Waals surface area contributed by atoms with E-state index in [-0.39, 0.29) is 17.4 Å². The van der Waals surface area contributed by atoms with Crippen molar-refractivity contribution in [3.63, 3.8) is 0 Å². The van der Waals surface area contributed by atoms with E-state index in [1.165, 1.54) is 0 Å². The molecule has 6 nitrogen and oxygen atoms in total. The molecule has 0 bridgehead atoms. The topological polar surface area (TPSA) is 70.5 Å². The molecule has 0 fully saturated rings. The van der Waals surface area contributed by atoms with Gasteiger partial charge in [0.25, 0.3) is 11.5 Å². The van der Waals surface area contributed by atoms with Gasteiger partial charge in [0.1, 0.15) is 5.65 Å². The minimum Gasteiger partial charge on any atom is -0.338 e. The highest BCUT2D eigenvalue weighted by molar-refractivity contribution is 6.14. The van der Waals surface area contributed by atoms with Crippen LogP contribution in [0.1, 0.15) is 24.2 Å². The summed E-state index contributed by atoms with van der Waals surface area (Å²) in [4.78, 5) is 36.4. The number of carbonyl (C=O) groups is 1. The Morgan fingerprint density at radius 2 is 1.77 bits per heavy atom. The Balaban J connectivity index is 1.91. The summed E-state index contributed by atoms with van der Waals surface area (Å²) in [6.45, 7) is 4.65. The van der Waals surface area contributed by atoms with Crippen LogP contribution in [-0.4, -0.2) is 26.8 Å². The van der Waals surface area contributed by atoms with Gasteiger partial charge in [-0.1, -0.05) is 44.2 Å². The van der Waals surface area contributed by atoms with Gasteiger partial charge in [-0.05, 0) is 36.2 Å². The molecule has 0 saturated carbocycles. The molecule has 154 valence electrons. The summed E-state index contributed by atoms with van der Waals surface area (Å²) in [5.41, 5.74) is 3.34. The smallest absolute Gasteiger partial charge is 0.264 e. The van der Waals surface area contributed by atoms with Gasteiger partial charge in [-0.25, -0.2) is 0 Å². The van der Waals surface area contributed by atoms with E-state index in [0.717, 1.165) is 16.4 Å². The fraction of sp³-hybridized carbons (Fsp3) is 0.160. The number of carbonyl (C=O) groups excluding carboxylic acids is 1. The zero-order valence-electron chi connectivity index (χ0n) is 17.4. The first-order chi connectivity index (χ1) is 15.1. The molecule has 5 rings (SSSR count). The van der Waals surface area contributed by atoms with E-state index >= 15 is 0 Å². The van der Waals surface area contributed by atoms with Crippen molar-refractivity contribution in [2.45, 2.75) is 13.8 Å². The summed E-state index contributed by atoms with van der Waals surface area (Å²) in [6.07, 6.45) is 3.23. The summed E-state index contributed by atoms with van der Waals surface area (Å²) in [5, 5.41) is 1.32. The molecule has 31 heavy (non-hydrogen) atoms. The molecule has 1 N–H and O–H groups in total. The van der Waals surface area contributed by atoms with Crippen LogP contribution in [0.15, 0.2) is 77.9 Å². The summed E-state index contributed by atoms with van der Waals surface area (Å²) >= 11 is 0. The number of para-hydroxylation sites is 2. The first-order valence-corrected chi connectivity index (χ1v) is 10.3. The van der Waals surface area contributed by atoms with Gasteiger partial charge >= 0.3 is 0 Å². The molecule has 0 spiro atoms. The first kappa shape index (κ1) is 19.1. The summed E-state index contributed by atoms with van der Waals surface area (Å²) in [5.74, 6) is 0.0712. The van der Waals surface area contributed by atoms with Crippen LogP contribution in [0.2, 0.25) is 0 Å². The Bertz CT molecular complexity index is 1480. The SMILES string of the molecule is CC(C)CN(C(=O)c1cccnc1)c1c2ccccc2c(=O)n2c1[nH]c1ccccc12. The summed E-state index contributed by atoms with van der Waals surface area (Å²) in [6, 6.07) is 18.7. The summed E-state index contributed by atoms with van der Waals surface area (Å²) in [7, 11) is 0. The number of imidazole rings is 1. The van der Waals surface area contributed by atoms with Crippen molar-refractivity contribution >= 4 is 39.0 Å². The Morgan fingerprint density at radius 1 is 1.03 bits per heavy atom. The molecule has 0 radical (unpaired) electrons. The molecule has 2 aromatic carbocycles. The Labute approximate surface area is 178 Å². The van der Waals surface area contributed by atoms with Crippen LogP contribution in [-0.2, 0) is 0 Å². The molecule has 0 saturated heterocycles. The van der Waals surface area contributed by atoms with Crippen LogP contribution in [0, 0.1) is 5.92 Å². The van der Waals surface area contributed by atoms with E-state index in [2.05, 4.69) is 23.8 Å². The van der Waals surface area contributed by atoms with Gasteiger partial charge in [-0.15, -0.1) is 0 Å². The molecular formula is C25H22N4O2. The predicted molar refractivity (Wildman–Crippen MR) is 124 cm³/mol. The third kappa shape index (κ3) is 3.08. The van der Waals surface area contributed by atoms with Crippen molar-refractivity contribution in [1.82, 2.24) is 14.4 Å². The zero-order valence-corrected chi connectivity index (χ0v) is 17.4. The van der Waals surface area contributed by atoms with Gasteiger partial charge in [0, 0.05) is 29.7 Å². The van der Waals surface area contributed by atoms with E-state index in [1.54, 1.807) is 33.8 Å². The molecule has 5 aromatic rings. The number of nitrogens with zero attached hydrogens (tertiary/aromatic N) is 3. The van der Waals surface area contributed by atoms with Gasteiger partial charge in [0.2, 0.25) is 0 Å². The Morgan fingerprint density at radius 3 is 2.52 bits per heavy atom. The second kappa shape index (κ2) is 7.40. The lowest BCUT2D eigenvalue weighted by Crippen LogP contribution is -2.35. The second-order valence-corrected chi connectivity index (χ2v) is 8.08. The minimum absolute atomic E-state index is 0.106. The number of amides is 1. The van der Waals surface area contributed by atoms with Crippen molar-refractivity contribution in [2.75, 3.05) is 11.4 Å². The van der Waals surface area contributed by atoms with Crippen LogP contribution in [0.3, 0.4) is 0 Å². The predicted octanol–water partition coefficient (Wildman–Crippen LogP) is 4.63. The lowest BCUT2D eigenvalue weighted by atomic mass is 10.1. The van der Waals surface area contributed by atoms with Gasteiger partial charge in [0.15, 0.2) is 0 Å². The van der Waals surface area contributed by atoms with Gasteiger partial charge < -0.3 is 9.88 Å². The molecule has 0 aliphatic heterocycles. The highest BCUT2D eigenvalue weighted by Gasteiger charge is 2.26. The normalized spacial score (nSPS) is 11.6. The molecular weight excluding hydrogens is 388 g/mol. The van der Waals surface area contributed by atoms with Crippen LogP contribution in [0.25, 0.3) is 27.5 Å². The fourth-order valence-electron chi connectivity index (χ4n) is 4.14. The largest absolute Gasteiger partial charge is 0.338 e. The number of pyridine rings is 2. The lowest BCUT2D eigenvalue weighted by molar-refractivity contribution is 0.0984. The molecule has 0 aliphatic rings. The average Bonchev–Trinajstić information content (AvgIpc) is 3.18. The van der Waals surface area contributed by atoms with Crippen LogP contribution in [0.4, 0.5) is 5.69 Å². The van der Waals surface area contributed by atoms with E-state index < -0.39 is 0 Å². The van der Waals surface area contributed by atoms with Crippen molar-refractivity contribution < 1.29 is 4.79 Å². The maximum Gasteiger partial charge on any atom is 0.264 e. The highest BCUT2D eigenvalue weighted by Crippen LogP contribution is 2.33. The zero-order chi connectivity index (χ0) is 21.5. The van der Waals surface area contributed by atoms with Gasteiger partial charge in [0.05, 0.1) is 22.3 Å². The lowest BCUT2D eigenvalue weighted by Gasteiger charge is -2.26. The van der Waals surface area contributed by atoms with Crippen LogP contribution >= 0.6 is 0 Å². The number of benzene rings is 2. The maximum atomic E-state index is 13.7. The number of fused-ring (bicyclic) bond motifs is 4. The highest BCUT2D eigenvalue weighted by atomic mass is 16.2. The number of hydrogen-bond acceptors (Lipinski definition) is 3. The number of aromatic amines is 1. The number of aromatic nitrogens is 3. The number of H-pyrrole nitrogens is 1.